The Bertz CT molecular complexity index is 737. The van der Waals surface area contributed by atoms with Gasteiger partial charge in [0.05, 0.1) is 0 Å². The van der Waals surface area contributed by atoms with Gasteiger partial charge >= 0.3 is 0 Å². The van der Waals surface area contributed by atoms with E-state index in [1.807, 2.05) is 12.1 Å². The van der Waals surface area contributed by atoms with Crippen molar-refractivity contribution in [2.75, 3.05) is 10.6 Å². The first-order chi connectivity index (χ1) is 11.2. The molecule has 1 aliphatic carbocycles. The summed E-state index contributed by atoms with van der Waals surface area (Å²) in [5.41, 5.74) is 2.18. The number of rotatable bonds is 5. The fraction of sp³-hybridized carbons (Fsp3) is 0.167. The molecule has 2 amide bonds. The fourth-order valence-electron chi connectivity index (χ4n) is 2.09. The summed E-state index contributed by atoms with van der Waals surface area (Å²) in [5, 5.41) is 5.63. The van der Waals surface area contributed by atoms with Gasteiger partial charge in [0.1, 0.15) is 0 Å². The molecule has 0 aliphatic heterocycles. The summed E-state index contributed by atoms with van der Waals surface area (Å²) in [5.74, 6) is -0.0415. The summed E-state index contributed by atoms with van der Waals surface area (Å²) >= 11 is 0. The molecule has 116 valence electrons. The van der Waals surface area contributed by atoms with Crippen LogP contribution in [0.2, 0.25) is 0 Å². The Morgan fingerprint density at radius 2 is 1.87 bits per heavy atom. The molecule has 2 aromatic rings. The van der Waals surface area contributed by atoms with Crippen molar-refractivity contribution in [1.29, 1.82) is 0 Å². The number of aromatic nitrogens is 1. The third-order valence-corrected chi connectivity index (χ3v) is 3.46. The van der Waals surface area contributed by atoms with Crippen molar-refractivity contribution >= 4 is 29.3 Å². The highest BCUT2D eigenvalue weighted by Gasteiger charge is 2.29. The number of carbonyl (C=O) groups excluding carboxylic acids is 2. The molecule has 1 heterocycles. The number of nitrogens with zero attached hydrogens (tertiary/aromatic N) is 1. The zero-order valence-corrected chi connectivity index (χ0v) is 12.5. The Morgan fingerprint density at radius 1 is 1.09 bits per heavy atom. The lowest BCUT2D eigenvalue weighted by atomic mass is 10.2. The summed E-state index contributed by atoms with van der Waals surface area (Å²) in [6, 6.07) is 10.8. The summed E-state index contributed by atoms with van der Waals surface area (Å²) in [6.07, 6.45) is 8.42. The van der Waals surface area contributed by atoms with Gasteiger partial charge in [0.15, 0.2) is 0 Å². The Morgan fingerprint density at radius 3 is 2.57 bits per heavy atom. The van der Waals surface area contributed by atoms with Gasteiger partial charge in [-0.1, -0.05) is 12.1 Å². The van der Waals surface area contributed by atoms with E-state index in [1.54, 1.807) is 42.7 Å². The van der Waals surface area contributed by atoms with Crippen LogP contribution in [0.1, 0.15) is 18.4 Å². The minimum atomic E-state index is -0.237. The van der Waals surface area contributed by atoms with Crippen LogP contribution in [0.25, 0.3) is 6.08 Å². The van der Waals surface area contributed by atoms with Gasteiger partial charge in [-0.25, -0.2) is 0 Å². The van der Waals surface area contributed by atoms with Crippen molar-refractivity contribution in [2.24, 2.45) is 5.92 Å². The maximum atomic E-state index is 11.9. The maximum Gasteiger partial charge on any atom is 0.248 e. The topological polar surface area (TPSA) is 71.1 Å². The van der Waals surface area contributed by atoms with Crippen LogP contribution in [-0.2, 0) is 9.59 Å². The minimum absolute atomic E-state index is 0.0462. The summed E-state index contributed by atoms with van der Waals surface area (Å²) < 4.78 is 0. The van der Waals surface area contributed by atoms with E-state index in [1.165, 1.54) is 6.08 Å². The van der Waals surface area contributed by atoms with Gasteiger partial charge in [0.2, 0.25) is 11.8 Å². The highest BCUT2D eigenvalue weighted by atomic mass is 16.2. The molecule has 5 heteroatoms. The average molecular weight is 307 g/mol. The van der Waals surface area contributed by atoms with Crippen LogP contribution in [0, 0.1) is 5.92 Å². The molecule has 0 spiro atoms. The standard InChI is InChI=1S/C18H17N3O2/c22-17(9-6-13-3-2-10-19-12-13)20-15-4-1-5-16(11-15)21-18(23)14-7-8-14/h1-6,9-12,14H,7-8H2,(H,20,22)(H,21,23)/b9-6+. The quantitative estimate of drug-likeness (QED) is 0.834. The Labute approximate surface area is 134 Å². The lowest BCUT2D eigenvalue weighted by molar-refractivity contribution is -0.117. The molecule has 0 radical (unpaired) electrons. The molecule has 1 aliphatic rings. The number of anilines is 2. The smallest absolute Gasteiger partial charge is 0.248 e. The highest BCUT2D eigenvalue weighted by Crippen LogP contribution is 2.30. The molecular weight excluding hydrogens is 290 g/mol. The van der Waals surface area contributed by atoms with Crippen molar-refractivity contribution in [3.8, 4) is 0 Å². The van der Waals surface area contributed by atoms with Crippen molar-refractivity contribution in [2.45, 2.75) is 12.8 Å². The van der Waals surface area contributed by atoms with E-state index >= 15 is 0 Å². The highest BCUT2D eigenvalue weighted by molar-refractivity contribution is 6.02. The number of nitrogens with one attached hydrogen (secondary N) is 2. The SMILES string of the molecule is O=C(/C=C/c1cccnc1)Nc1cccc(NC(=O)C2CC2)c1. The lowest BCUT2D eigenvalue weighted by Gasteiger charge is -2.07. The normalized spacial score (nSPS) is 13.7. The Balaban J connectivity index is 1.59. The lowest BCUT2D eigenvalue weighted by Crippen LogP contribution is -2.14. The largest absolute Gasteiger partial charge is 0.326 e. The molecule has 1 aromatic carbocycles. The first-order valence-corrected chi connectivity index (χ1v) is 7.51. The van der Waals surface area contributed by atoms with Crippen molar-refractivity contribution in [3.05, 3.63) is 60.4 Å². The van der Waals surface area contributed by atoms with Crippen LogP contribution >= 0.6 is 0 Å². The first kappa shape index (κ1) is 15.0. The van der Waals surface area contributed by atoms with E-state index in [0.717, 1.165) is 18.4 Å². The van der Waals surface area contributed by atoms with E-state index in [9.17, 15) is 9.59 Å². The molecule has 2 N–H and O–H groups in total. The zero-order valence-electron chi connectivity index (χ0n) is 12.5. The van der Waals surface area contributed by atoms with E-state index in [2.05, 4.69) is 15.6 Å². The molecular formula is C18H17N3O2. The van der Waals surface area contributed by atoms with Crippen molar-refractivity contribution in [3.63, 3.8) is 0 Å². The van der Waals surface area contributed by atoms with E-state index in [0.29, 0.717) is 11.4 Å². The fourth-order valence-corrected chi connectivity index (χ4v) is 2.09. The third-order valence-electron chi connectivity index (χ3n) is 3.46. The van der Waals surface area contributed by atoms with Gasteiger partial charge in [-0.15, -0.1) is 0 Å². The third kappa shape index (κ3) is 4.51. The predicted molar refractivity (Wildman–Crippen MR) is 89.7 cm³/mol. The Kier molecular flexibility index (Phi) is 4.47. The van der Waals surface area contributed by atoms with Gasteiger partial charge in [0.25, 0.3) is 0 Å². The molecule has 23 heavy (non-hydrogen) atoms. The maximum absolute atomic E-state index is 11.9. The van der Waals surface area contributed by atoms with Crippen LogP contribution in [0.15, 0.2) is 54.9 Å². The van der Waals surface area contributed by atoms with E-state index in [-0.39, 0.29) is 17.7 Å². The first-order valence-electron chi connectivity index (χ1n) is 7.51. The monoisotopic (exact) mass is 307 g/mol. The van der Waals surface area contributed by atoms with Crippen molar-refractivity contribution in [1.82, 2.24) is 4.98 Å². The van der Waals surface area contributed by atoms with Gasteiger partial charge in [-0.2, -0.15) is 0 Å². The van der Waals surface area contributed by atoms with Gasteiger partial charge in [-0.3, -0.25) is 14.6 Å². The molecule has 0 atom stereocenters. The molecule has 3 rings (SSSR count). The van der Waals surface area contributed by atoms with Crippen LogP contribution in [0.5, 0.6) is 0 Å². The molecule has 1 saturated carbocycles. The number of amides is 2. The second kappa shape index (κ2) is 6.87. The molecule has 0 unspecified atom stereocenters. The molecule has 1 aromatic heterocycles. The van der Waals surface area contributed by atoms with E-state index in [4.69, 9.17) is 0 Å². The van der Waals surface area contributed by atoms with Gasteiger partial charge in [0, 0.05) is 35.8 Å². The molecule has 0 bridgehead atoms. The second-order valence-electron chi connectivity index (χ2n) is 5.45. The van der Waals surface area contributed by atoms with Gasteiger partial charge in [-0.05, 0) is 48.7 Å². The number of carbonyl (C=O) groups is 2. The minimum Gasteiger partial charge on any atom is -0.326 e. The second-order valence-corrected chi connectivity index (χ2v) is 5.45. The number of hydrogen-bond donors (Lipinski definition) is 2. The van der Waals surface area contributed by atoms with Crippen LogP contribution in [-0.4, -0.2) is 16.8 Å². The number of pyridine rings is 1. The Hall–Kier alpha value is -2.95. The number of hydrogen-bond acceptors (Lipinski definition) is 3. The van der Waals surface area contributed by atoms with Crippen LogP contribution < -0.4 is 10.6 Å². The van der Waals surface area contributed by atoms with Crippen LogP contribution in [0.3, 0.4) is 0 Å². The summed E-state index contributed by atoms with van der Waals surface area (Å²) in [4.78, 5) is 27.7. The number of benzene rings is 1. The van der Waals surface area contributed by atoms with Gasteiger partial charge < -0.3 is 10.6 Å². The van der Waals surface area contributed by atoms with Crippen LogP contribution in [0.4, 0.5) is 11.4 Å². The molecule has 1 fully saturated rings. The average Bonchev–Trinajstić information content (AvgIpc) is 3.39. The summed E-state index contributed by atoms with van der Waals surface area (Å²) in [7, 11) is 0. The van der Waals surface area contributed by atoms with E-state index < -0.39 is 0 Å². The zero-order chi connectivity index (χ0) is 16.1. The van der Waals surface area contributed by atoms with Crippen molar-refractivity contribution < 1.29 is 9.59 Å². The molecule has 5 nitrogen and oxygen atoms in total. The summed E-state index contributed by atoms with van der Waals surface area (Å²) in [6.45, 7) is 0. The predicted octanol–water partition coefficient (Wildman–Crippen LogP) is 3.08. The molecule has 0 saturated heterocycles.